The van der Waals surface area contributed by atoms with Crippen molar-refractivity contribution in [2.24, 2.45) is 13.0 Å². The number of rotatable bonds is 9. The molecule has 3 aromatic heterocycles. The number of nitrogens with one attached hydrogen (secondary N) is 1. The summed E-state index contributed by atoms with van der Waals surface area (Å²) in [7, 11) is 2.00. The highest BCUT2D eigenvalue weighted by Gasteiger charge is 2.17. The molecule has 0 radical (unpaired) electrons. The number of pyridine rings is 1. The lowest BCUT2D eigenvalue weighted by Crippen LogP contribution is -2.18. The van der Waals surface area contributed by atoms with Crippen LogP contribution in [0.25, 0.3) is 22.3 Å². The summed E-state index contributed by atoms with van der Waals surface area (Å²) in [5.41, 5.74) is 10.2. The number of fused-ring (bicyclic) bond motifs is 1. The van der Waals surface area contributed by atoms with E-state index in [0.29, 0.717) is 12.2 Å². The molecule has 1 unspecified atom stereocenters. The predicted octanol–water partition coefficient (Wildman–Crippen LogP) is 6.54. The summed E-state index contributed by atoms with van der Waals surface area (Å²) in [6.45, 7) is 12.6. The topological polar surface area (TPSA) is 105 Å². The Morgan fingerprint density at radius 1 is 1.02 bits per heavy atom. The Morgan fingerprint density at radius 2 is 1.83 bits per heavy atom. The van der Waals surface area contributed by atoms with Crippen molar-refractivity contribution in [2.45, 2.75) is 86.2 Å². The van der Waals surface area contributed by atoms with E-state index in [4.69, 9.17) is 0 Å². The van der Waals surface area contributed by atoms with Gasteiger partial charge in [-0.15, -0.1) is 10.2 Å². The molecule has 1 aliphatic rings. The fourth-order valence-electron chi connectivity index (χ4n) is 5.29. The van der Waals surface area contributed by atoms with Crippen LogP contribution in [-0.2, 0) is 32.7 Å². The molecule has 0 spiro atoms. The van der Waals surface area contributed by atoms with Crippen molar-refractivity contribution in [1.29, 1.82) is 0 Å². The number of imidazole rings is 1. The number of tetrazole rings is 1. The second-order valence-corrected chi connectivity index (χ2v) is 11.2. The largest absolute Gasteiger partial charge is 0.392 e. The molecule has 2 N–H and O–H groups in total. The minimum absolute atomic E-state index is 0.246. The molecule has 3 heterocycles. The van der Waals surface area contributed by atoms with Crippen molar-refractivity contribution < 1.29 is 5.11 Å². The van der Waals surface area contributed by atoms with Gasteiger partial charge in [0.05, 0.1) is 6.10 Å². The van der Waals surface area contributed by atoms with Gasteiger partial charge in [-0.05, 0) is 71.2 Å². The summed E-state index contributed by atoms with van der Waals surface area (Å²) in [5.74, 6) is 1.94. The average Bonchev–Trinajstić information content (AvgIpc) is 3.55. The van der Waals surface area contributed by atoms with Gasteiger partial charge in [0.15, 0.2) is 5.65 Å². The summed E-state index contributed by atoms with van der Waals surface area (Å²) < 4.78 is 2.05. The van der Waals surface area contributed by atoms with Gasteiger partial charge in [-0.25, -0.2) is 9.97 Å². The van der Waals surface area contributed by atoms with Crippen LogP contribution < -0.4 is 0 Å². The first-order valence-electron chi connectivity index (χ1n) is 15.2. The minimum atomic E-state index is -0.344. The SMILES string of the molecule is CCCc1cc(C2=CC=CCC=C2c2nn[nH]n2)ccc1CC.CCc1nc2c(C)cc(CC(O)C(C)C)nc2n1C. The Hall–Kier alpha value is -3.91. The number of aromatic amines is 1. The Balaban J connectivity index is 0.000000197. The quantitative estimate of drug-likeness (QED) is 0.238. The number of H-pyrrole nitrogens is 1. The maximum atomic E-state index is 10.0. The normalized spacial score (nSPS) is 13.9. The molecule has 0 bridgehead atoms. The third kappa shape index (κ3) is 7.10. The standard InChI is InChI=1S/C19H22N4.C15H23N3O/c1-3-8-15-13-16(12-11-14(15)4-2)17-9-6-5-7-10-18(17)19-20-22-23-21-19;1-6-13-17-14-10(4)7-11(8-12(19)9(2)3)16-15(14)18(13)5/h5-6,9-13H,3-4,7-8H2,1-2H3,(H,20,21,22,23);7,9,12,19H,6,8H2,1-5H3. The van der Waals surface area contributed by atoms with Gasteiger partial charge in [-0.1, -0.05) is 83.5 Å². The van der Waals surface area contributed by atoms with Crippen LogP contribution in [0.4, 0.5) is 0 Å². The molecule has 1 aromatic carbocycles. The van der Waals surface area contributed by atoms with Crippen molar-refractivity contribution in [2.75, 3.05) is 0 Å². The lowest BCUT2D eigenvalue weighted by molar-refractivity contribution is 0.125. The molecule has 1 aliphatic carbocycles. The summed E-state index contributed by atoms with van der Waals surface area (Å²) in [6, 6.07) is 8.82. The molecule has 0 aliphatic heterocycles. The summed E-state index contributed by atoms with van der Waals surface area (Å²) in [4.78, 5) is 9.29. The second-order valence-electron chi connectivity index (χ2n) is 11.2. The molecular weight excluding hydrogens is 522 g/mol. The number of hydrogen-bond acceptors (Lipinski definition) is 6. The fourth-order valence-corrected chi connectivity index (χ4v) is 5.29. The van der Waals surface area contributed by atoms with Crippen LogP contribution in [0.5, 0.6) is 0 Å². The highest BCUT2D eigenvalue weighted by atomic mass is 16.3. The number of aryl methyl sites for hydroxylation is 5. The molecule has 5 rings (SSSR count). The summed E-state index contributed by atoms with van der Waals surface area (Å²) in [6.07, 6.45) is 13.9. The predicted molar refractivity (Wildman–Crippen MR) is 171 cm³/mol. The summed E-state index contributed by atoms with van der Waals surface area (Å²) >= 11 is 0. The highest BCUT2D eigenvalue weighted by Crippen LogP contribution is 2.32. The smallest absolute Gasteiger partial charge is 0.204 e. The van der Waals surface area contributed by atoms with Gasteiger partial charge in [-0.2, -0.15) is 5.21 Å². The monoisotopic (exact) mass is 567 g/mol. The molecule has 0 fully saturated rings. The van der Waals surface area contributed by atoms with Gasteiger partial charge in [0.2, 0.25) is 5.82 Å². The second kappa shape index (κ2) is 14.3. The van der Waals surface area contributed by atoms with Crippen LogP contribution in [-0.4, -0.2) is 46.4 Å². The molecule has 0 saturated carbocycles. The van der Waals surface area contributed by atoms with Crippen LogP contribution in [0.1, 0.15) is 87.1 Å². The van der Waals surface area contributed by atoms with Gasteiger partial charge in [0, 0.05) is 31.2 Å². The molecule has 4 aromatic rings. The zero-order chi connectivity index (χ0) is 30.2. The molecule has 8 nitrogen and oxygen atoms in total. The number of aliphatic hydroxyl groups excluding tert-OH is 1. The zero-order valence-electron chi connectivity index (χ0n) is 26.1. The third-order valence-electron chi connectivity index (χ3n) is 7.82. The molecule has 42 heavy (non-hydrogen) atoms. The number of nitrogens with zero attached hydrogens (tertiary/aromatic N) is 6. The van der Waals surface area contributed by atoms with E-state index in [-0.39, 0.29) is 12.0 Å². The first kappa shape index (κ1) is 31.0. The minimum Gasteiger partial charge on any atom is -0.392 e. The van der Waals surface area contributed by atoms with Crippen LogP contribution in [0.15, 0.2) is 48.6 Å². The Bertz CT molecular complexity index is 1580. The van der Waals surface area contributed by atoms with E-state index in [1.54, 1.807) is 0 Å². The van der Waals surface area contributed by atoms with E-state index in [0.717, 1.165) is 71.5 Å². The van der Waals surface area contributed by atoms with Crippen LogP contribution in [0, 0.1) is 12.8 Å². The Labute approximate surface area is 249 Å². The molecule has 1 atom stereocenters. The van der Waals surface area contributed by atoms with Gasteiger partial charge in [-0.3, -0.25) is 0 Å². The number of aliphatic hydroxyl groups is 1. The first-order chi connectivity index (χ1) is 20.3. The van der Waals surface area contributed by atoms with Crippen LogP contribution >= 0.6 is 0 Å². The lowest BCUT2D eigenvalue weighted by Gasteiger charge is -2.14. The lowest BCUT2D eigenvalue weighted by atomic mass is 9.91. The van der Waals surface area contributed by atoms with E-state index in [9.17, 15) is 5.11 Å². The molecule has 0 amide bonds. The van der Waals surface area contributed by atoms with Crippen molar-refractivity contribution >= 4 is 22.3 Å². The number of benzene rings is 1. The van der Waals surface area contributed by atoms with Gasteiger partial charge in [0.25, 0.3) is 0 Å². The maximum Gasteiger partial charge on any atom is 0.204 e. The summed E-state index contributed by atoms with van der Waals surface area (Å²) in [5, 5.41) is 24.6. The van der Waals surface area contributed by atoms with Crippen molar-refractivity contribution in [3.8, 4) is 0 Å². The van der Waals surface area contributed by atoms with Gasteiger partial charge in [0.1, 0.15) is 11.3 Å². The zero-order valence-corrected chi connectivity index (χ0v) is 26.1. The Kier molecular flexibility index (Phi) is 10.6. The van der Waals surface area contributed by atoms with E-state index in [2.05, 4.69) is 101 Å². The average molecular weight is 568 g/mol. The van der Waals surface area contributed by atoms with Crippen molar-refractivity contribution in [3.63, 3.8) is 0 Å². The van der Waals surface area contributed by atoms with Crippen LogP contribution in [0.3, 0.4) is 0 Å². The number of allylic oxidation sites excluding steroid dienone is 6. The molecule has 222 valence electrons. The van der Waals surface area contributed by atoms with E-state index >= 15 is 0 Å². The maximum absolute atomic E-state index is 10.0. The number of aromatic nitrogens is 7. The van der Waals surface area contributed by atoms with E-state index in [1.165, 1.54) is 16.7 Å². The van der Waals surface area contributed by atoms with Crippen molar-refractivity contribution in [1.82, 2.24) is 35.2 Å². The molecular formula is C34H45N7O. The van der Waals surface area contributed by atoms with Crippen molar-refractivity contribution in [3.05, 3.63) is 88.2 Å². The number of hydrogen-bond donors (Lipinski definition) is 2. The molecule has 0 saturated heterocycles. The molecule has 8 heteroatoms. The van der Waals surface area contributed by atoms with Crippen LogP contribution in [0.2, 0.25) is 0 Å². The highest BCUT2D eigenvalue weighted by molar-refractivity contribution is 6.04. The van der Waals surface area contributed by atoms with E-state index < -0.39 is 0 Å². The van der Waals surface area contributed by atoms with Gasteiger partial charge >= 0.3 is 0 Å². The van der Waals surface area contributed by atoms with E-state index in [1.807, 2.05) is 31.5 Å². The van der Waals surface area contributed by atoms with Gasteiger partial charge < -0.3 is 9.67 Å². The first-order valence-corrected chi connectivity index (χ1v) is 15.2. The Morgan fingerprint density at radius 3 is 2.50 bits per heavy atom. The fraction of sp³-hybridized carbons (Fsp3) is 0.441. The third-order valence-corrected chi connectivity index (χ3v) is 7.82.